The van der Waals surface area contributed by atoms with E-state index in [2.05, 4.69) is 22.5 Å². The van der Waals surface area contributed by atoms with Gasteiger partial charge in [-0.25, -0.2) is 4.98 Å². The van der Waals surface area contributed by atoms with Crippen molar-refractivity contribution in [3.8, 4) is 17.0 Å². The van der Waals surface area contributed by atoms with Crippen molar-refractivity contribution in [2.24, 2.45) is 5.92 Å². The number of ether oxygens (including phenoxy) is 1. The summed E-state index contributed by atoms with van der Waals surface area (Å²) >= 11 is 14.4. The molecule has 2 heterocycles. The molecule has 0 radical (unpaired) electrons. The van der Waals surface area contributed by atoms with Crippen LogP contribution in [0.5, 0.6) is 5.75 Å². The predicted molar refractivity (Wildman–Crippen MR) is 167 cm³/mol. The summed E-state index contributed by atoms with van der Waals surface area (Å²) < 4.78 is 6.43. The average molecular weight is 609 g/mol. The molecule has 0 saturated heterocycles. The lowest BCUT2D eigenvalue weighted by Crippen LogP contribution is -2.32. The number of aryl methyl sites for hydroxylation is 1. The molecule has 1 amide bonds. The number of halogens is 2. The molecule has 2 N–H and O–H groups in total. The molecule has 41 heavy (non-hydrogen) atoms. The molecule has 2 unspecified atom stereocenters. The van der Waals surface area contributed by atoms with Crippen LogP contribution in [0.25, 0.3) is 21.5 Å². The van der Waals surface area contributed by atoms with Gasteiger partial charge in [0.2, 0.25) is 0 Å². The number of rotatable bonds is 8. The number of nitrogens with one attached hydrogen (secondary N) is 1. The molecule has 212 valence electrons. The van der Waals surface area contributed by atoms with Crippen LogP contribution < -0.4 is 10.1 Å². The second-order valence-electron chi connectivity index (χ2n) is 10.6. The summed E-state index contributed by atoms with van der Waals surface area (Å²) in [6, 6.07) is 12.7. The number of pyridine rings is 1. The molecular formula is C32H31Cl2N3O3S. The maximum Gasteiger partial charge on any atom is 0.251 e. The van der Waals surface area contributed by atoms with Crippen molar-refractivity contribution in [2.75, 3.05) is 13.7 Å². The molecule has 4 aromatic rings. The molecule has 2 aromatic heterocycles. The third-order valence-corrected chi connectivity index (χ3v) is 8.96. The number of carbonyl (C=O) groups is 1. The molecule has 1 aliphatic carbocycles. The number of allylic oxidation sites excluding steroid dienone is 4. The first-order valence-electron chi connectivity index (χ1n) is 13.3. The van der Waals surface area contributed by atoms with Crippen molar-refractivity contribution in [3.05, 3.63) is 98.6 Å². The van der Waals surface area contributed by atoms with E-state index in [1.165, 1.54) is 11.3 Å². The highest BCUT2D eigenvalue weighted by molar-refractivity contribution is 7.18. The Morgan fingerprint density at radius 3 is 2.71 bits per heavy atom. The fraction of sp³-hybridized carbons (Fsp3) is 0.281. The van der Waals surface area contributed by atoms with Gasteiger partial charge in [-0.2, -0.15) is 0 Å². The van der Waals surface area contributed by atoms with Crippen LogP contribution >= 0.6 is 34.5 Å². The first kappa shape index (κ1) is 29.3. The van der Waals surface area contributed by atoms with E-state index < -0.39 is 5.60 Å². The average Bonchev–Trinajstić information content (AvgIpc) is 3.34. The molecular weight excluding hydrogens is 577 g/mol. The van der Waals surface area contributed by atoms with Crippen molar-refractivity contribution in [3.63, 3.8) is 0 Å². The predicted octanol–water partition coefficient (Wildman–Crippen LogP) is 7.86. The number of hydrogen-bond donors (Lipinski definition) is 2. The van der Waals surface area contributed by atoms with E-state index in [1.807, 2.05) is 49.4 Å². The van der Waals surface area contributed by atoms with Crippen molar-refractivity contribution < 1.29 is 14.6 Å². The SMILES string of the molecule is COc1cc(C(=O)NCC(c2cc(C(C)(C)O)cc(-c3cccc(Cl)c3Cl)n2)C2C=CC=CC2)cc2sc(C)nc12. The van der Waals surface area contributed by atoms with Gasteiger partial charge in [0.05, 0.1) is 38.2 Å². The molecule has 5 rings (SSSR count). The zero-order valence-corrected chi connectivity index (χ0v) is 25.6. The lowest BCUT2D eigenvalue weighted by atomic mass is 9.82. The number of benzene rings is 2. The second-order valence-corrected chi connectivity index (χ2v) is 12.6. The van der Waals surface area contributed by atoms with Crippen molar-refractivity contribution in [2.45, 2.75) is 38.7 Å². The van der Waals surface area contributed by atoms with E-state index in [0.29, 0.717) is 44.7 Å². The summed E-state index contributed by atoms with van der Waals surface area (Å²) in [5.74, 6) is 0.244. The van der Waals surface area contributed by atoms with Gasteiger partial charge in [0.1, 0.15) is 11.3 Å². The minimum absolute atomic E-state index is 0.0775. The lowest BCUT2D eigenvalue weighted by Gasteiger charge is -2.28. The number of methoxy groups -OCH3 is 1. The Hall–Kier alpha value is -3.23. The maximum absolute atomic E-state index is 13.5. The number of aliphatic hydroxyl groups is 1. The molecule has 0 spiro atoms. The smallest absolute Gasteiger partial charge is 0.251 e. The van der Waals surface area contributed by atoms with Gasteiger partial charge in [0.25, 0.3) is 5.91 Å². The van der Waals surface area contributed by atoms with E-state index >= 15 is 0 Å². The minimum atomic E-state index is -1.13. The summed E-state index contributed by atoms with van der Waals surface area (Å²) in [4.78, 5) is 23.0. The molecule has 0 fully saturated rings. The molecule has 1 aliphatic rings. The number of fused-ring (bicyclic) bond motifs is 1. The Bertz CT molecular complexity index is 1670. The van der Waals surface area contributed by atoms with Crippen molar-refractivity contribution >= 4 is 50.7 Å². The maximum atomic E-state index is 13.5. The van der Waals surface area contributed by atoms with Crippen LogP contribution in [0.1, 0.15) is 52.8 Å². The Labute approximate surface area is 253 Å². The minimum Gasteiger partial charge on any atom is -0.494 e. The molecule has 0 bridgehead atoms. The highest BCUT2D eigenvalue weighted by Gasteiger charge is 2.28. The van der Waals surface area contributed by atoms with E-state index in [-0.39, 0.29) is 17.7 Å². The topological polar surface area (TPSA) is 84.3 Å². The van der Waals surface area contributed by atoms with Crippen LogP contribution in [-0.2, 0) is 5.60 Å². The largest absolute Gasteiger partial charge is 0.494 e. The van der Waals surface area contributed by atoms with Crippen LogP contribution in [-0.4, -0.2) is 34.6 Å². The highest BCUT2D eigenvalue weighted by Crippen LogP contribution is 2.38. The zero-order valence-electron chi connectivity index (χ0n) is 23.2. The Kier molecular flexibility index (Phi) is 8.52. The second kappa shape index (κ2) is 11.9. The Morgan fingerprint density at radius 1 is 1.20 bits per heavy atom. The van der Waals surface area contributed by atoms with Gasteiger partial charge in [-0.05, 0) is 69.0 Å². The molecule has 0 aliphatic heterocycles. The Morgan fingerprint density at radius 2 is 2.00 bits per heavy atom. The number of carbonyl (C=O) groups excluding carboxylic acids is 1. The number of aromatic nitrogens is 2. The van der Waals surface area contributed by atoms with Gasteiger partial charge < -0.3 is 15.2 Å². The van der Waals surface area contributed by atoms with Crippen molar-refractivity contribution in [1.29, 1.82) is 0 Å². The first-order chi connectivity index (χ1) is 19.5. The molecule has 0 saturated carbocycles. The summed E-state index contributed by atoms with van der Waals surface area (Å²) in [5.41, 5.74) is 2.84. The van der Waals surface area contributed by atoms with Gasteiger partial charge >= 0.3 is 0 Å². The monoisotopic (exact) mass is 607 g/mol. The number of thiazole rings is 1. The third kappa shape index (κ3) is 6.33. The van der Waals surface area contributed by atoms with Crippen molar-refractivity contribution in [1.82, 2.24) is 15.3 Å². The fourth-order valence-corrected chi connectivity index (χ4v) is 6.29. The summed E-state index contributed by atoms with van der Waals surface area (Å²) in [6.45, 7) is 5.73. The van der Waals surface area contributed by atoms with Gasteiger partial charge in [0.15, 0.2) is 0 Å². The van der Waals surface area contributed by atoms with Gasteiger partial charge in [-0.15, -0.1) is 11.3 Å². The van der Waals surface area contributed by atoms with Crippen LogP contribution in [0, 0.1) is 12.8 Å². The summed E-state index contributed by atoms with van der Waals surface area (Å²) in [5, 5.41) is 15.9. The van der Waals surface area contributed by atoms with E-state index in [0.717, 1.165) is 27.3 Å². The van der Waals surface area contributed by atoms with Crippen LogP contribution in [0.15, 0.2) is 66.8 Å². The normalized spacial score (nSPS) is 15.7. The summed E-state index contributed by atoms with van der Waals surface area (Å²) in [6.07, 6.45) is 9.07. The van der Waals surface area contributed by atoms with Gasteiger partial charge in [-0.3, -0.25) is 9.78 Å². The fourth-order valence-electron chi connectivity index (χ4n) is 5.01. The Balaban J connectivity index is 1.53. The standard InChI is InChI=1S/C32H31Cl2N3O3S/c1-18-36-30-27(40-4)13-20(14-28(30)41-18)31(38)35-17-23(19-9-6-5-7-10-19)26-16-21(32(2,3)39)15-25(37-26)22-11-8-12-24(33)29(22)34/h5-9,11-16,19,23,39H,10,17H2,1-4H3,(H,35,38). The number of hydrogen-bond acceptors (Lipinski definition) is 6. The van der Waals surface area contributed by atoms with E-state index in [1.54, 1.807) is 33.1 Å². The lowest BCUT2D eigenvalue weighted by molar-refractivity contribution is 0.0783. The molecule has 6 nitrogen and oxygen atoms in total. The van der Waals surface area contributed by atoms with Gasteiger partial charge in [-0.1, -0.05) is 59.6 Å². The first-order valence-corrected chi connectivity index (χ1v) is 14.9. The highest BCUT2D eigenvalue weighted by atomic mass is 35.5. The molecule has 2 aromatic carbocycles. The number of amides is 1. The van der Waals surface area contributed by atoms with Crippen LogP contribution in [0.3, 0.4) is 0 Å². The van der Waals surface area contributed by atoms with Crippen LogP contribution in [0.4, 0.5) is 0 Å². The van der Waals surface area contributed by atoms with Gasteiger partial charge in [0, 0.05) is 29.3 Å². The number of nitrogens with zero attached hydrogens (tertiary/aromatic N) is 2. The van der Waals surface area contributed by atoms with E-state index in [9.17, 15) is 9.90 Å². The zero-order chi connectivity index (χ0) is 29.3. The van der Waals surface area contributed by atoms with Crippen LogP contribution in [0.2, 0.25) is 10.0 Å². The summed E-state index contributed by atoms with van der Waals surface area (Å²) in [7, 11) is 1.58. The third-order valence-electron chi connectivity index (χ3n) is 7.22. The molecule has 9 heteroatoms. The quantitative estimate of drug-likeness (QED) is 0.213. The molecule has 2 atom stereocenters. The van der Waals surface area contributed by atoms with E-state index in [4.69, 9.17) is 32.9 Å².